The second-order valence-corrected chi connectivity index (χ2v) is 6.97. The van der Waals surface area contributed by atoms with Gasteiger partial charge in [0, 0.05) is 31.4 Å². The van der Waals surface area contributed by atoms with Gasteiger partial charge in [-0.1, -0.05) is 6.07 Å². The van der Waals surface area contributed by atoms with E-state index in [2.05, 4.69) is 5.32 Å². The number of halogens is 2. The van der Waals surface area contributed by atoms with Crippen LogP contribution >= 0.6 is 0 Å². The van der Waals surface area contributed by atoms with Crippen LogP contribution in [-0.4, -0.2) is 50.5 Å². The summed E-state index contributed by atoms with van der Waals surface area (Å²) in [6.45, 7) is 3.97. The summed E-state index contributed by atoms with van der Waals surface area (Å²) in [7, 11) is 1.42. The number of carboxylic acid groups (broad SMARTS) is 1. The van der Waals surface area contributed by atoms with Gasteiger partial charge in [0.1, 0.15) is 5.82 Å². The molecular weight excluding hydrogens is 382 g/mol. The van der Waals surface area contributed by atoms with E-state index >= 15 is 0 Å². The van der Waals surface area contributed by atoms with E-state index in [1.807, 2.05) is 11.8 Å². The lowest BCUT2D eigenvalue weighted by molar-refractivity contribution is 0.0394. The van der Waals surface area contributed by atoms with E-state index in [-0.39, 0.29) is 23.5 Å². The van der Waals surface area contributed by atoms with Gasteiger partial charge in [-0.25, -0.2) is 13.6 Å². The molecular formula is C21H24F2N2O4. The van der Waals surface area contributed by atoms with Gasteiger partial charge < -0.3 is 24.8 Å². The van der Waals surface area contributed by atoms with E-state index in [0.29, 0.717) is 31.9 Å². The highest BCUT2D eigenvalue weighted by molar-refractivity contribution is 5.88. The molecule has 0 bridgehead atoms. The molecule has 2 N–H and O–H groups in total. The van der Waals surface area contributed by atoms with Crippen molar-refractivity contribution in [2.75, 3.05) is 38.3 Å². The van der Waals surface area contributed by atoms with Crippen LogP contribution in [0.5, 0.6) is 5.75 Å². The first kappa shape index (κ1) is 21.0. The highest BCUT2D eigenvalue weighted by atomic mass is 19.1. The molecule has 2 atom stereocenters. The molecule has 1 fully saturated rings. The smallest absolute Gasteiger partial charge is 0.335 e. The van der Waals surface area contributed by atoms with E-state index < -0.39 is 17.6 Å². The molecule has 2 aromatic rings. The van der Waals surface area contributed by atoms with Crippen molar-refractivity contribution >= 4 is 11.7 Å². The zero-order chi connectivity index (χ0) is 21.0. The number of methoxy groups -OCH3 is 1. The molecule has 1 aliphatic heterocycles. The number of benzene rings is 2. The number of aromatic carboxylic acids is 1. The number of hydrogen-bond donors (Lipinski definition) is 2. The second-order valence-electron chi connectivity index (χ2n) is 6.97. The van der Waals surface area contributed by atoms with Crippen LogP contribution in [0.4, 0.5) is 14.5 Å². The number of nitrogens with one attached hydrogen (secondary N) is 1. The predicted octanol–water partition coefficient (Wildman–Crippen LogP) is 3.23. The lowest BCUT2D eigenvalue weighted by Gasteiger charge is -2.35. The highest BCUT2D eigenvalue weighted by Gasteiger charge is 2.23. The van der Waals surface area contributed by atoms with Crippen molar-refractivity contribution in [3.63, 3.8) is 0 Å². The van der Waals surface area contributed by atoms with Crippen molar-refractivity contribution in [2.45, 2.75) is 19.1 Å². The number of carbonyl (C=O) groups is 1. The van der Waals surface area contributed by atoms with E-state index in [4.69, 9.17) is 14.6 Å². The maximum atomic E-state index is 13.8. The second kappa shape index (κ2) is 9.19. The third-order valence-corrected chi connectivity index (χ3v) is 4.96. The molecule has 1 heterocycles. The van der Waals surface area contributed by atoms with Crippen LogP contribution in [-0.2, 0) is 4.74 Å². The van der Waals surface area contributed by atoms with Crippen LogP contribution < -0.4 is 15.0 Å². The van der Waals surface area contributed by atoms with Gasteiger partial charge in [0.25, 0.3) is 0 Å². The van der Waals surface area contributed by atoms with Crippen LogP contribution in [0.1, 0.15) is 28.9 Å². The summed E-state index contributed by atoms with van der Waals surface area (Å²) in [5.74, 6) is -1.97. The van der Waals surface area contributed by atoms with Crippen LogP contribution in [0.3, 0.4) is 0 Å². The average molecular weight is 406 g/mol. The Hall–Kier alpha value is -2.71. The first-order chi connectivity index (χ1) is 13.9. The molecule has 0 aliphatic carbocycles. The lowest BCUT2D eigenvalue weighted by Crippen LogP contribution is -2.47. The summed E-state index contributed by atoms with van der Waals surface area (Å²) < 4.78 is 38.2. The topological polar surface area (TPSA) is 71.0 Å². The molecule has 8 heteroatoms. The largest absolute Gasteiger partial charge is 0.494 e. The van der Waals surface area contributed by atoms with Crippen molar-refractivity contribution in [1.82, 2.24) is 5.32 Å². The minimum Gasteiger partial charge on any atom is -0.494 e. The fraction of sp³-hybridized carbons (Fsp3) is 0.381. The Balaban J connectivity index is 1.62. The Morgan fingerprint density at radius 1 is 1.34 bits per heavy atom. The minimum atomic E-state index is -1.17. The van der Waals surface area contributed by atoms with E-state index in [0.717, 1.165) is 11.6 Å². The van der Waals surface area contributed by atoms with Gasteiger partial charge >= 0.3 is 5.97 Å². The molecule has 6 nitrogen and oxygen atoms in total. The van der Waals surface area contributed by atoms with Crippen molar-refractivity contribution < 1.29 is 28.2 Å². The molecule has 1 unspecified atom stereocenters. The molecule has 0 aromatic heterocycles. The van der Waals surface area contributed by atoms with Gasteiger partial charge in [0.2, 0.25) is 0 Å². The normalized spacial score (nSPS) is 17.8. The summed E-state index contributed by atoms with van der Waals surface area (Å²) in [6.07, 6.45) is -0.162. The summed E-state index contributed by atoms with van der Waals surface area (Å²) in [4.78, 5) is 13.1. The Morgan fingerprint density at radius 3 is 2.86 bits per heavy atom. The Morgan fingerprint density at radius 2 is 2.14 bits per heavy atom. The zero-order valence-corrected chi connectivity index (χ0v) is 16.3. The number of rotatable bonds is 7. The molecule has 156 valence electrons. The molecule has 0 saturated carbocycles. The quantitative estimate of drug-likeness (QED) is 0.736. The number of nitrogens with zero attached hydrogens (tertiary/aromatic N) is 1. The third kappa shape index (κ3) is 5.21. The Kier molecular flexibility index (Phi) is 6.66. The molecule has 0 radical (unpaired) electrons. The van der Waals surface area contributed by atoms with Crippen molar-refractivity contribution in [1.29, 1.82) is 0 Å². The SMILES string of the molecule is COc1cc([C@@H](C)NCC2CN(c3cc(F)cc(C(=O)O)c3)CCO2)ccc1F. The van der Waals surface area contributed by atoms with Crippen LogP contribution in [0.25, 0.3) is 0 Å². The summed E-state index contributed by atoms with van der Waals surface area (Å²) in [5, 5.41) is 12.5. The van der Waals surface area contributed by atoms with E-state index in [1.165, 1.54) is 25.3 Å². The zero-order valence-electron chi connectivity index (χ0n) is 16.3. The van der Waals surface area contributed by atoms with Crippen LogP contribution in [0.15, 0.2) is 36.4 Å². The Labute approximate surface area is 168 Å². The maximum absolute atomic E-state index is 13.8. The molecule has 3 rings (SSSR count). The van der Waals surface area contributed by atoms with Crippen LogP contribution in [0, 0.1) is 11.6 Å². The molecule has 1 saturated heterocycles. The molecule has 0 spiro atoms. The van der Waals surface area contributed by atoms with E-state index in [9.17, 15) is 13.6 Å². The fourth-order valence-electron chi connectivity index (χ4n) is 3.33. The first-order valence-corrected chi connectivity index (χ1v) is 9.34. The van der Waals surface area contributed by atoms with Gasteiger partial charge in [-0.3, -0.25) is 0 Å². The van der Waals surface area contributed by atoms with Crippen molar-refractivity contribution in [2.24, 2.45) is 0 Å². The first-order valence-electron chi connectivity index (χ1n) is 9.34. The lowest BCUT2D eigenvalue weighted by atomic mass is 10.1. The minimum absolute atomic E-state index is 0.0590. The fourth-order valence-corrected chi connectivity index (χ4v) is 3.33. The van der Waals surface area contributed by atoms with Gasteiger partial charge in [0.15, 0.2) is 11.6 Å². The van der Waals surface area contributed by atoms with Gasteiger partial charge in [-0.05, 0) is 42.8 Å². The summed E-state index contributed by atoms with van der Waals surface area (Å²) in [5.41, 5.74) is 1.32. The van der Waals surface area contributed by atoms with Gasteiger partial charge in [0.05, 0.1) is 25.4 Å². The standard InChI is InChI=1S/C21H24F2N2O4/c1-13(14-3-4-19(23)20(9-14)28-2)24-11-18-12-25(5-6-29-18)17-8-15(21(26)27)7-16(22)10-17/h3-4,7-10,13,18,24H,5-6,11-12H2,1-2H3,(H,26,27)/t13-,18?/m1/s1. The summed E-state index contributed by atoms with van der Waals surface area (Å²) in [6, 6.07) is 8.46. The maximum Gasteiger partial charge on any atom is 0.335 e. The molecule has 29 heavy (non-hydrogen) atoms. The average Bonchev–Trinajstić information content (AvgIpc) is 2.72. The number of carboxylic acids is 1. The van der Waals surface area contributed by atoms with Gasteiger partial charge in [-0.15, -0.1) is 0 Å². The summed E-state index contributed by atoms with van der Waals surface area (Å²) >= 11 is 0. The van der Waals surface area contributed by atoms with Crippen LogP contribution in [0.2, 0.25) is 0 Å². The Bertz CT molecular complexity index is 878. The number of anilines is 1. The van der Waals surface area contributed by atoms with Crippen molar-refractivity contribution in [3.05, 3.63) is 59.2 Å². The third-order valence-electron chi connectivity index (χ3n) is 4.96. The molecule has 1 aliphatic rings. The predicted molar refractivity (Wildman–Crippen MR) is 105 cm³/mol. The van der Waals surface area contributed by atoms with Crippen molar-refractivity contribution in [3.8, 4) is 5.75 Å². The molecule has 2 aromatic carbocycles. The highest BCUT2D eigenvalue weighted by Crippen LogP contribution is 2.24. The van der Waals surface area contributed by atoms with E-state index in [1.54, 1.807) is 12.1 Å². The number of hydrogen-bond acceptors (Lipinski definition) is 5. The van der Waals surface area contributed by atoms with Gasteiger partial charge in [-0.2, -0.15) is 0 Å². The number of morpholine rings is 1. The monoisotopic (exact) mass is 406 g/mol. The number of ether oxygens (including phenoxy) is 2. The molecule has 0 amide bonds.